The van der Waals surface area contributed by atoms with Crippen molar-refractivity contribution in [3.8, 4) is 5.75 Å². The average molecular weight is 337 g/mol. The molecule has 1 aliphatic carbocycles. The molecule has 0 radical (unpaired) electrons. The molecule has 1 aliphatic rings. The van der Waals surface area contributed by atoms with E-state index in [1.54, 1.807) is 0 Å². The molecule has 1 saturated carbocycles. The Morgan fingerprint density at radius 1 is 1.14 bits per heavy atom. The summed E-state index contributed by atoms with van der Waals surface area (Å²) < 4.78 is 68.1. The van der Waals surface area contributed by atoms with Crippen molar-refractivity contribution in [2.75, 3.05) is 0 Å². The Labute approximate surface area is 127 Å². The van der Waals surface area contributed by atoms with Gasteiger partial charge in [-0.2, -0.15) is 0 Å². The van der Waals surface area contributed by atoms with Crippen molar-refractivity contribution in [2.45, 2.75) is 49.9 Å². The van der Waals surface area contributed by atoms with E-state index >= 15 is 0 Å². The highest BCUT2D eigenvalue weighted by Gasteiger charge is 2.34. The highest BCUT2D eigenvalue weighted by molar-refractivity contribution is 7.89. The Morgan fingerprint density at radius 3 is 2.32 bits per heavy atom. The highest BCUT2D eigenvalue weighted by Crippen LogP contribution is 2.30. The van der Waals surface area contributed by atoms with E-state index in [-0.39, 0.29) is 6.04 Å². The van der Waals surface area contributed by atoms with Gasteiger partial charge in [0.15, 0.2) is 0 Å². The highest BCUT2D eigenvalue weighted by atomic mass is 32.2. The number of nitrogens with one attached hydrogen (secondary N) is 1. The van der Waals surface area contributed by atoms with Gasteiger partial charge in [0.25, 0.3) is 0 Å². The molecule has 0 amide bonds. The van der Waals surface area contributed by atoms with Crippen LogP contribution >= 0.6 is 0 Å². The van der Waals surface area contributed by atoms with Gasteiger partial charge in [0, 0.05) is 6.04 Å². The first-order chi connectivity index (χ1) is 10.2. The third-order valence-electron chi connectivity index (χ3n) is 3.70. The second-order valence-electron chi connectivity index (χ2n) is 5.57. The monoisotopic (exact) mass is 337 g/mol. The summed E-state index contributed by atoms with van der Waals surface area (Å²) in [4.78, 5) is -0.494. The maximum atomic E-state index is 12.4. The number of ether oxygens (including phenoxy) is 1. The standard InChI is InChI=1S/C14H18F3NO3S/c1-10-6-8-11(9-7-10)18-22(19,20)13-5-3-2-4-12(13)21-14(15,16)17/h2-5,10-11,18H,6-9H2,1H3. The number of benzene rings is 1. The predicted octanol–water partition coefficient (Wildman–Crippen LogP) is 3.44. The van der Waals surface area contributed by atoms with E-state index < -0.39 is 27.0 Å². The molecule has 4 nitrogen and oxygen atoms in total. The van der Waals surface area contributed by atoms with E-state index in [1.807, 2.05) is 0 Å². The third kappa shape index (κ3) is 4.61. The third-order valence-corrected chi connectivity index (χ3v) is 5.26. The van der Waals surface area contributed by atoms with Gasteiger partial charge in [0.2, 0.25) is 10.0 Å². The summed E-state index contributed by atoms with van der Waals surface area (Å²) in [7, 11) is -4.06. The summed E-state index contributed by atoms with van der Waals surface area (Å²) >= 11 is 0. The minimum absolute atomic E-state index is 0.250. The SMILES string of the molecule is CC1CCC(NS(=O)(=O)c2ccccc2OC(F)(F)F)CC1. The van der Waals surface area contributed by atoms with Crippen LogP contribution < -0.4 is 9.46 Å². The van der Waals surface area contributed by atoms with Crippen LogP contribution in [0.5, 0.6) is 5.75 Å². The fraction of sp³-hybridized carbons (Fsp3) is 0.571. The molecule has 0 aliphatic heterocycles. The smallest absolute Gasteiger partial charge is 0.404 e. The fourth-order valence-corrected chi connectivity index (χ4v) is 3.98. The van der Waals surface area contributed by atoms with Crippen LogP contribution in [0.25, 0.3) is 0 Å². The van der Waals surface area contributed by atoms with E-state index in [1.165, 1.54) is 12.1 Å². The Morgan fingerprint density at radius 2 is 1.73 bits per heavy atom. The molecule has 1 aromatic rings. The lowest BCUT2D eigenvalue weighted by Crippen LogP contribution is -2.37. The summed E-state index contributed by atoms with van der Waals surface area (Å²) in [6.45, 7) is 2.09. The van der Waals surface area contributed by atoms with Crippen LogP contribution in [0.3, 0.4) is 0 Å². The molecule has 1 aromatic carbocycles. The number of hydrogen-bond acceptors (Lipinski definition) is 3. The van der Waals surface area contributed by atoms with Crippen LogP contribution in [0.4, 0.5) is 13.2 Å². The number of para-hydroxylation sites is 1. The minimum atomic E-state index is -4.94. The number of rotatable bonds is 4. The number of hydrogen-bond donors (Lipinski definition) is 1. The van der Waals surface area contributed by atoms with Gasteiger partial charge in [-0.3, -0.25) is 0 Å². The van der Waals surface area contributed by atoms with Gasteiger partial charge in [-0.05, 0) is 43.7 Å². The predicted molar refractivity (Wildman–Crippen MR) is 74.9 cm³/mol. The molecule has 1 N–H and O–H groups in total. The molecule has 2 rings (SSSR count). The van der Waals surface area contributed by atoms with Crippen molar-refractivity contribution in [3.63, 3.8) is 0 Å². The van der Waals surface area contributed by atoms with E-state index in [4.69, 9.17) is 0 Å². The van der Waals surface area contributed by atoms with Gasteiger partial charge in [-0.1, -0.05) is 19.1 Å². The van der Waals surface area contributed by atoms with Crippen molar-refractivity contribution in [1.29, 1.82) is 0 Å². The zero-order valence-electron chi connectivity index (χ0n) is 12.1. The number of halogens is 3. The summed E-state index contributed by atoms with van der Waals surface area (Å²) in [5, 5.41) is 0. The molecule has 0 heterocycles. The topological polar surface area (TPSA) is 55.4 Å². The maximum Gasteiger partial charge on any atom is 0.573 e. The normalized spacial score (nSPS) is 23.3. The van der Waals surface area contributed by atoms with Gasteiger partial charge in [0.05, 0.1) is 0 Å². The number of alkyl halides is 3. The van der Waals surface area contributed by atoms with Gasteiger partial charge in [-0.15, -0.1) is 13.2 Å². The van der Waals surface area contributed by atoms with E-state index in [9.17, 15) is 21.6 Å². The molecule has 22 heavy (non-hydrogen) atoms. The summed E-state index contributed by atoms with van der Waals surface area (Å²) in [6.07, 6.45) is -1.78. The van der Waals surface area contributed by atoms with Crippen molar-refractivity contribution in [3.05, 3.63) is 24.3 Å². The quantitative estimate of drug-likeness (QED) is 0.916. The molecular formula is C14H18F3NO3S. The second-order valence-corrected chi connectivity index (χ2v) is 7.26. The number of sulfonamides is 1. The molecule has 0 bridgehead atoms. The largest absolute Gasteiger partial charge is 0.573 e. The Hall–Kier alpha value is -1.28. The first kappa shape index (κ1) is 17.1. The van der Waals surface area contributed by atoms with Crippen molar-refractivity contribution in [1.82, 2.24) is 4.72 Å². The molecule has 1 fully saturated rings. The first-order valence-corrected chi connectivity index (χ1v) is 8.53. The lowest BCUT2D eigenvalue weighted by atomic mass is 9.88. The molecule has 124 valence electrons. The molecular weight excluding hydrogens is 319 g/mol. The zero-order chi connectivity index (χ0) is 16.4. The van der Waals surface area contributed by atoms with Crippen LogP contribution in [0.2, 0.25) is 0 Å². The Balaban J connectivity index is 2.19. The summed E-state index contributed by atoms with van der Waals surface area (Å²) in [6, 6.07) is 4.50. The summed E-state index contributed by atoms with van der Waals surface area (Å²) in [5.74, 6) is -0.173. The molecule has 0 spiro atoms. The molecule has 0 atom stereocenters. The van der Waals surface area contributed by atoms with Crippen molar-refractivity contribution >= 4 is 10.0 Å². The maximum absolute atomic E-state index is 12.4. The molecule has 0 unspecified atom stereocenters. The van der Waals surface area contributed by atoms with Gasteiger partial charge >= 0.3 is 6.36 Å². The van der Waals surface area contributed by atoms with Crippen LogP contribution in [0.1, 0.15) is 32.6 Å². The van der Waals surface area contributed by atoms with Crippen LogP contribution in [0.15, 0.2) is 29.2 Å². The molecule has 0 aromatic heterocycles. The minimum Gasteiger partial charge on any atom is -0.404 e. The average Bonchev–Trinajstić information content (AvgIpc) is 2.40. The molecule has 0 saturated heterocycles. The van der Waals surface area contributed by atoms with Crippen LogP contribution in [-0.2, 0) is 10.0 Å². The summed E-state index contributed by atoms with van der Waals surface area (Å²) in [5.41, 5.74) is 0. The van der Waals surface area contributed by atoms with Crippen LogP contribution in [-0.4, -0.2) is 20.8 Å². The van der Waals surface area contributed by atoms with E-state index in [2.05, 4.69) is 16.4 Å². The fourth-order valence-electron chi connectivity index (χ4n) is 2.54. The van der Waals surface area contributed by atoms with Gasteiger partial charge < -0.3 is 4.74 Å². The lowest BCUT2D eigenvalue weighted by molar-refractivity contribution is -0.275. The first-order valence-electron chi connectivity index (χ1n) is 7.04. The Kier molecular flexibility index (Phi) is 5.01. The van der Waals surface area contributed by atoms with Gasteiger partial charge in [0.1, 0.15) is 10.6 Å². The molecule has 8 heteroatoms. The van der Waals surface area contributed by atoms with E-state index in [0.29, 0.717) is 18.8 Å². The van der Waals surface area contributed by atoms with Crippen LogP contribution in [0, 0.1) is 5.92 Å². The van der Waals surface area contributed by atoms with Crippen molar-refractivity contribution < 1.29 is 26.3 Å². The van der Waals surface area contributed by atoms with Gasteiger partial charge in [-0.25, -0.2) is 13.1 Å². The lowest BCUT2D eigenvalue weighted by Gasteiger charge is -2.27. The Bertz CT molecular complexity index is 608. The zero-order valence-corrected chi connectivity index (χ0v) is 12.9. The van der Waals surface area contributed by atoms with Crippen molar-refractivity contribution in [2.24, 2.45) is 5.92 Å². The van der Waals surface area contributed by atoms with E-state index in [0.717, 1.165) is 25.0 Å². The second kappa shape index (κ2) is 6.45.